The van der Waals surface area contributed by atoms with Crippen LogP contribution in [0.1, 0.15) is 31.4 Å². The number of hydrogen-bond donors (Lipinski definition) is 1. The van der Waals surface area contributed by atoms with Gasteiger partial charge in [0.05, 0.1) is 11.1 Å². The second kappa shape index (κ2) is 4.93. The summed E-state index contributed by atoms with van der Waals surface area (Å²) in [6.45, 7) is 3.10. The molecule has 1 atom stereocenters. The fourth-order valence-electron chi connectivity index (χ4n) is 1.76. The van der Waals surface area contributed by atoms with Gasteiger partial charge in [-0.3, -0.25) is 0 Å². The van der Waals surface area contributed by atoms with E-state index < -0.39 is 6.10 Å². The SMILES string of the molecule is CCCC(O)c1cc2c(cc1Cl)OCCO2. The van der Waals surface area contributed by atoms with E-state index in [4.69, 9.17) is 21.1 Å². The van der Waals surface area contributed by atoms with Crippen molar-refractivity contribution in [2.75, 3.05) is 13.2 Å². The van der Waals surface area contributed by atoms with Gasteiger partial charge in [-0.1, -0.05) is 24.9 Å². The van der Waals surface area contributed by atoms with Gasteiger partial charge in [0.2, 0.25) is 0 Å². The Hall–Kier alpha value is -0.930. The first-order valence-electron chi connectivity index (χ1n) is 5.49. The summed E-state index contributed by atoms with van der Waals surface area (Å²) >= 11 is 6.10. The third kappa shape index (κ3) is 2.25. The lowest BCUT2D eigenvalue weighted by Crippen LogP contribution is -2.15. The summed E-state index contributed by atoms with van der Waals surface area (Å²) in [5.41, 5.74) is 0.716. The molecule has 4 heteroatoms. The quantitative estimate of drug-likeness (QED) is 0.886. The third-order valence-electron chi connectivity index (χ3n) is 2.58. The number of ether oxygens (including phenoxy) is 2. The molecule has 1 aromatic carbocycles. The van der Waals surface area contributed by atoms with Crippen LogP contribution in [0.25, 0.3) is 0 Å². The maximum absolute atomic E-state index is 9.92. The van der Waals surface area contributed by atoms with Gasteiger partial charge < -0.3 is 14.6 Å². The van der Waals surface area contributed by atoms with Crippen molar-refractivity contribution in [3.05, 3.63) is 22.7 Å². The summed E-state index contributed by atoms with van der Waals surface area (Å²) in [7, 11) is 0. The van der Waals surface area contributed by atoms with Crippen molar-refractivity contribution < 1.29 is 14.6 Å². The average Bonchev–Trinajstić information content (AvgIpc) is 2.28. The van der Waals surface area contributed by atoms with Crippen LogP contribution in [0.15, 0.2) is 12.1 Å². The average molecular weight is 243 g/mol. The normalized spacial score (nSPS) is 15.9. The van der Waals surface area contributed by atoms with Crippen LogP contribution in [-0.2, 0) is 0 Å². The summed E-state index contributed by atoms with van der Waals surface area (Å²) in [5, 5.41) is 10.5. The minimum Gasteiger partial charge on any atom is -0.486 e. The monoisotopic (exact) mass is 242 g/mol. The lowest BCUT2D eigenvalue weighted by Gasteiger charge is -2.21. The largest absolute Gasteiger partial charge is 0.486 e. The van der Waals surface area contributed by atoms with Gasteiger partial charge in [0, 0.05) is 11.6 Å². The Bertz CT molecular complexity index is 379. The molecule has 1 aliphatic rings. The van der Waals surface area contributed by atoms with Gasteiger partial charge >= 0.3 is 0 Å². The van der Waals surface area contributed by atoms with Crippen molar-refractivity contribution in [3.8, 4) is 11.5 Å². The highest BCUT2D eigenvalue weighted by Crippen LogP contribution is 2.38. The molecule has 0 amide bonds. The maximum Gasteiger partial charge on any atom is 0.162 e. The Kier molecular flexibility index (Phi) is 3.56. The topological polar surface area (TPSA) is 38.7 Å². The van der Waals surface area contributed by atoms with E-state index in [1.165, 1.54) is 0 Å². The Balaban J connectivity index is 2.31. The molecule has 0 spiro atoms. The van der Waals surface area contributed by atoms with E-state index in [9.17, 15) is 5.11 Å². The molecular weight excluding hydrogens is 228 g/mol. The van der Waals surface area contributed by atoms with Gasteiger partial charge in [-0.2, -0.15) is 0 Å². The second-order valence-corrected chi connectivity index (χ2v) is 4.23. The van der Waals surface area contributed by atoms with E-state index in [2.05, 4.69) is 0 Å². The van der Waals surface area contributed by atoms with Gasteiger partial charge in [0.25, 0.3) is 0 Å². The van der Waals surface area contributed by atoms with Gasteiger partial charge in [-0.25, -0.2) is 0 Å². The molecule has 2 rings (SSSR count). The summed E-state index contributed by atoms with van der Waals surface area (Å²) in [6, 6.07) is 3.49. The fourth-order valence-corrected chi connectivity index (χ4v) is 2.04. The van der Waals surface area contributed by atoms with Crippen molar-refractivity contribution in [2.45, 2.75) is 25.9 Å². The van der Waals surface area contributed by atoms with Crippen LogP contribution in [-0.4, -0.2) is 18.3 Å². The lowest BCUT2D eigenvalue weighted by molar-refractivity contribution is 0.159. The van der Waals surface area contributed by atoms with Crippen LogP contribution < -0.4 is 9.47 Å². The predicted octanol–water partition coefficient (Wildman–Crippen LogP) is 2.94. The Labute approximate surface area is 99.9 Å². The molecule has 1 heterocycles. The number of hydrogen-bond acceptors (Lipinski definition) is 3. The summed E-state index contributed by atoms with van der Waals surface area (Å²) in [5.74, 6) is 1.32. The van der Waals surface area contributed by atoms with Crippen molar-refractivity contribution in [3.63, 3.8) is 0 Å². The molecule has 1 aliphatic heterocycles. The highest BCUT2D eigenvalue weighted by Gasteiger charge is 2.18. The van der Waals surface area contributed by atoms with Crippen molar-refractivity contribution in [1.82, 2.24) is 0 Å². The molecule has 88 valence electrons. The van der Waals surface area contributed by atoms with Crippen LogP contribution in [0.5, 0.6) is 11.5 Å². The zero-order chi connectivity index (χ0) is 11.5. The fraction of sp³-hybridized carbons (Fsp3) is 0.500. The maximum atomic E-state index is 9.92. The van der Waals surface area contributed by atoms with Crippen LogP contribution in [0.3, 0.4) is 0 Å². The third-order valence-corrected chi connectivity index (χ3v) is 2.91. The number of aliphatic hydroxyl groups excluding tert-OH is 1. The highest BCUT2D eigenvalue weighted by molar-refractivity contribution is 6.31. The Morgan fingerprint density at radius 3 is 2.56 bits per heavy atom. The molecular formula is C12H15ClO3. The Morgan fingerprint density at radius 2 is 1.94 bits per heavy atom. The number of halogens is 1. The summed E-state index contributed by atoms with van der Waals surface area (Å²) in [6.07, 6.45) is 1.07. The molecule has 0 bridgehead atoms. The summed E-state index contributed by atoms with van der Waals surface area (Å²) in [4.78, 5) is 0. The van der Waals surface area contributed by atoms with Gasteiger partial charge in [-0.05, 0) is 12.5 Å². The predicted molar refractivity (Wildman–Crippen MR) is 62.3 cm³/mol. The van der Waals surface area contributed by atoms with E-state index in [-0.39, 0.29) is 0 Å². The van der Waals surface area contributed by atoms with Crippen LogP contribution in [0.2, 0.25) is 5.02 Å². The number of benzene rings is 1. The number of fused-ring (bicyclic) bond motifs is 1. The van der Waals surface area contributed by atoms with E-state index in [1.807, 2.05) is 6.92 Å². The molecule has 0 aliphatic carbocycles. The molecule has 1 aromatic rings. The molecule has 3 nitrogen and oxygen atoms in total. The molecule has 1 N–H and O–H groups in total. The molecule has 0 fully saturated rings. The highest BCUT2D eigenvalue weighted by atomic mass is 35.5. The number of rotatable bonds is 3. The van der Waals surface area contributed by atoms with Gasteiger partial charge in [0.15, 0.2) is 11.5 Å². The molecule has 0 aromatic heterocycles. The standard InChI is InChI=1S/C12H15ClO3/c1-2-3-10(14)8-6-11-12(7-9(8)13)16-5-4-15-11/h6-7,10,14H,2-5H2,1H3. The molecule has 1 unspecified atom stereocenters. The van der Waals surface area contributed by atoms with E-state index in [0.717, 1.165) is 6.42 Å². The minimum absolute atomic E-state index is 0.533. The first-order valence-corrected chi connectivity index (χ1v) is 5.87. The molecule has 0 saturated heterocycles. The molecule has 16 heavy (non-hydrogen) atoms. The van der Waals surface area contributed by atoms with Gasteiger partial charge in [0.1, 0.15) is 13.2 Å². The zero-order valence-corrected chi connectivity index (χ0v) is 9.96. The zero-order valence-electron chi connectivity index (χ0n) is 9.20. The van der Waals surface area contributed by atoms with E-state index >= 15 is 0 Å². The van der Waals surface area contributed by atoms with Crippen LogP contribution in [0, 0.1) is 0 Å². The smallest absolute Gasteiger partial charge is 0.162 e. The number of aliphatic hydroxyl groups is 1. The van der Waals surface area contributed by atoms with Crippen molar-refractivity contribution in [1.29, 1.82) is 0 Å². The van der Waals surface area contributed by atoms with E-state index in [1.54, 1.807) is 12.1 Å². The second-order valence-electron chi connectivity index (χ2n) is 3.82. The Morgan fingerprint density at radius 1 is 1.31 bits per heavy atom. The first kappa shape index (κ1) is 11.6. The van der Waals surface area contributed by atoms with Crippen molar-refractivity contribution >= 4 is 11.6 Å². The lowest BCUT2D eigenvalue weighted by atomic mass is 10.0. The molecule has 0 radical (unpaired) electrons. The van der Waals surface area contributed by atoms with Gasteiger partial charge in [-0.15, -0.1) is 0 Å². The van der Waals surface area contributed by atoms with Crippen LogP contribution >= 0.6 is 11.6 Å². The first-order chi connectivity index (χ1) is 7.72. The summed E-state index contributed by atoms with van der Waals surface area (Å²) < 4.78 is 10.9. The minimum atomic E-state index is -0.534. The van der Waals surface area contributed by atoms with Crippen LogP contribution in [0.4, 0.5) is 0 Å². The van der Waals surface area contributed by atoms with Crippen molar-refractivity contribution in [2.24, 2.45) is 0 Å². The molecule has 0 saturated carbocycles. The van der Waals surface area contributed by atoms with E-state index in [0.29, 0.717) is 41.7 Å².